The molecule has 0 aliphatic heterocycles. The number of benzene rings is 2. The SMILES string of the molecule is Cc1cc(C(O)c2cc(F)c(Cl)cc2F)c(C)cc1Cl. The second-order valence-corrected chi connectivity index (χ2v) is 5.46. The third-order valence-corrected chi connectivity index (χ3v) is 3.87. The molecule has 0 fully saturated rings. The highest BCUT2D eigenvalue weighted by atomic mass is 35.5. The molecule has 1 nitrogen and oxygen atoms in total. The van der Waals surface area contributed by atoms with Crippen molar-refractivity contribution in [1.82, 2.24) is 0 Å². The van der Waals surface area contributed by atoms with E-state index in [0.29, 0.717) is 16.1 Å². The molecule has 0 bridgehead atoms. The fourth-order valence-electron chi connectivity index (χ4n) is 2.01. The van der Waals surface area contributed by atoms with Crippen LogP contribution in [0.15, 0.2) is 24.3 Å². The first-order valence-corrected chi connectivity index (χ1v) is 6.66. The Morgan fingerprint density at radius 2 is 1.50 bits per heavy atom. The lowest BCUT2D eigenvalue weighted by molar-refractivity contribution is 0.213. The molecule has 20 heavy (non-hydrogen) atoms. The van der Waals surface area contributed by atoms with Gasteiger partial charge < -0.3 is 5.11 Å². The van der Waals surface area contributed by atoms with Crippen molar-refractivity contribution >= 4 is 23.2 Å². The Hall–Kier alpha value is -1.16. The molecule has 1 atom stereocenters. The van der Waals surface area contributed by atoms with E-state index in [1.165, 1.54) is 0 Å². The minimum Gasteiger partial charge on any atom is -0.384 e. The monoisotopic (exact) mass is 316 g/mol. The Morgan fingerprint density at radius 3 is 2.15 bits per heavy atom. The lowest BCUT2D eigenvalue weighted by atomic mass is 9.95. The number of aliphatic hydroxyl groups is 1. The van der Waals surface area contributed by atoms with E-state index < -0.39 is 17.7 Å². The van der Waals surface area contributed by atoms with Crippen molar-refractivity contribution in [2.24, 2.45) is 0 Å². The minimum absolute atomic E-state index is 0.156. The zero-order valence-corrected chi connectivity index (χ0v) is 12.4. The van der Waals surface area contributed by atoms with Crippen molar-refractivity contribution in [2.75, 3.05) is 0 Å². The molecule has 0 saturated carbocycles. The summed E-state index contributed by atoms with van der Waals surface area (Å²) in [5.74, 6) is -1.53. The molecule has 0 amide bonds. The first-order valence-electron chi connectivity index (χ1n) is 5.90. The average Bonchev–Trinajstić information content (AvgIpc) is 2.37. The first kappa shape index (κ1) is 15.2. The van der Waals surface area contributed by atoms with E-state index in [4.69, 9.17) is 23.2 Å². The number of aliphatic hydroxyl groups excluding tert-OH is 1. The van der Waals surface area contributed by atoms with Gasteiger partial charge in [0.1, 0.15) is 17.7 Å². The maximum Gasteiger partial charge on any atom is 0.142 e. The van der Waals surface area contributed by atoms with Gasteiger partial charge in [0.2, 0.25) is 0 Å². The number of aryl methyl sites for hydroxylation is 2. The number of hydrogen-bond donors (Lipinski definition) is 1. The van der Waals surface area contributed by atoms with Crippen LogP contribution in [0.25, 0.3) is 0 Å². The van der Waals surface area contributed by atoms with Gasteiger partial charge in [-0.05, 0) is 48.7 Å². The molecule has 2 aromatic carbocycles. The summed E-state index contributed by atoms with van der Waals surface area (Å²) < 4.78 is 27.3. The summed E-state index contributed by atoms with van der Waals surface area (Å²) in [7, 11) is 0. The second kappa shape index (κ2) is 5.68. The predicted molar refractivity (Wildman–Crippen MR) is 76.4 cm³/mol. The van der Waals surface area contributed by atoms with Gasteiger partial charge >= 0.3 is 0 Å². The zero-order valence-electron chi connectivity index (χ0n) is 10.8. The summed E-state index contributed by atoms with van der Waals surface area (Å²) in [6.07, 6.45) is -1.28. The van der Waals surface area contributed by atoms with Crippen molar-refractivity contribution in [3.63, 3.8) is 0 Å². The summed E-state index contributed by atoms with van der Waals surface area (Å²) in [4.78, 5) is 0. The van der Waals surface area contributed by atoms with Crippen LogP contribution < -0.4 is 0 Å². The molecule has 1 unspecified atom stereocenters. The van der Waals surface area contributed by atoms with Gasteiger partial charge in [0, 0.05) is 10.6 Å². The van der Waals surface area contributed by atoms with Crippen LogP contribution in [-0.2, 0) is 0 Å². The minimum atomic E-state index is -1.28. The Labute approximate surface area is 125 Å². The summed E-state index contributed by atoms with van der Waals surface area (Å²) in [6.45, 7) is 3.52. The van der Waals surface area contributed by atoms with E-state index in [2.05, 4.69) is 0 Å². The van der Waals surface area contributed by atoms with Gasteiger partial charge in [-0.3, -0.25) is 0 Å². The maximum absolute atomic E-state index is 13.8. The van der Waals surface area contributed by atoms with Gasteiger partial charge in [-0.25, -0.2) is 8.78 Å². The molecule has 5 heteroatoms. The maximum atomic E-state index is 13.8. The lowest BCUT2D eigenvalue weighted by Crippen LogP contribution is -2.06. The van der Waals surface area contributed by atoms with Crippen molar-refractivity contribution in [3.05, 3.63) is 68.2 Å². The molecule has 106 valence electrons. The van der Waals surface area contributed by atoms with Crippen LogP contribution >= 0.6 is 23.2 Å². The summed E-state index contributed by atoms with van der Waals surface area (Å²) >= 11 is 11.5. The Morgan fingerprint density at radius 1 is 0.850 bits per heavy atom. The van der Waals surface area contributed by atoms with Gasteiger partial charge in [-0.2, -0.15) is 0 Å². The van der Waals surface area contributed by atoms with E-state index in [9.17, 15) is 13.9 Å². The quantitative estimate of drug-likeness (QED) is 0.775. The molecule has 0 aliphatic carbocycles. The van der Waals surface area contributed by atoms with Crippen molar-refractivity contribution < 1.29 is 13.9 Å². The largest absolute Gasteiger partial charge is 0.384 e. The number of rotatable bonds is 2. The third kappa shape index (κ3) is 2.80. The van der Waals surface area contributed by atoms with E-state index in [1.807, 2.05) is 0 Å². The van der Waals surface area contributed by atoms with Crippen LogP contribution in [-0.4, -0.2) is 5.11 Å². The van der Waals surface area contributed by atoms with Crippen LogP contribution in [0.1, 0.15) is 28.4 Å². The van der Waals surface area contributed by atoms with Crippen LogP contribution in [0.4, 0.5) is 8.78 Å². The molecule has 0 radical (unpaired) electrons. The van der Waals surface area contributed by atoms with Gasteiger partial charge in [0.05, 0.1) is 5.02 Å². The van der Waals surface area contributed by atoms with Crippen LogP contribution in [0.2, 0.25) is 10.0 Å². The molecule has 2 rings (SSSR count). The fourth-order valence-corrected chi connectivity index (χ4v) is 2.38. The Kier molecular flexibility index (Phi) is 4.33. The summed E-state index contributed by atoms with van der Waals surface area (Å²) in [6, 6.07) is 5.10. The smallest absolute Gasteiger partial charge is 0.142 e. The summed E-state index contributed by atoms with van der Waals surface area (Å²) in [5.41, 5.74) is 1.77. The molecule has 1 N–H and O–H groups in total. The number of halogens is 4. The highest BCUT2D eigenvalue weighted by Crippen LogP contribution is 2.32. The molecule has 0 saturated heterocycles. The van der Waals surface area contributed by atoms with Gasteiger partial charge in [0.15, 0.2) is 0 Å². The molecule has 0 aromatic heterocycles. The van der Waals surface area contributed by atoms with Crippen LogP contribution in [0.5, 0.6) is 0 Å². The molecule has 2 aromatic rings. The van der Waals surface area contributed by atoms with E-state index in [-0.39, 0.29) is 10.6 Å². The second-order valence-electron chi connectivity index (χ2n) is 4.65. The lowest BCUT2D eigenvalue weighted by Gasteiger charge is -2.17. The predicted octanol–water partition coefficient (Wildman–Crippen LogP) is 4.97. The van der Waals surface area contributed by atoms with Gasteiger partial charge in [0.25, 0.3) is 0 Å². The highest BCUT2D eigenvalue weighted by Gasteiger charge is 2.20. The highest BCUT2D eigenvalue weighted by molar-refractivity contribution is 6.31. The molecular formula is C15H12Cl2F2O. The van der Waals surface area contributed by atoms with Gasteiger partial charge in [-0.15, -0.1) is 0 Å². The van der Waals surface area contributed by atoms with E-state index >= 15 is 0 Å². The van der Waals surface area contributed by atoms with E-state index in [0.717, 1.165) is 17.7 Å². The standard InChI is InChI=1S/C15H12Cl2F2O/c1-7-4-11(16)8(2)3-9(7)15(20)10-5-14(19)12(17)6-13(10)18/h3-6,15,20H,1-2H3. The van der Waals surface area contributed by atoms with Crippen LogP contribution in [0.3, 0.4) is 0 Å². The van der Waals surface area contributed by atoms with E-state index in [1.54, 1.807) is 26.0 Å². The average molecular weight is 317 g/mol. The fraction of sp³-hybridized carbons (Fsp3) is 0.200. The molecule has 0 aliphatic rings. The Balaban J connectivity index is 2.54. The Bertz CT molecular complexity index is 614. The number of hydrogen-bond acceptors (Lipinski definition) is 1. The molecular weight excluding hydrogens is 305 g/mol. The normalized spacial score (nSPS) is 12.6. The summed E-state index contributed by atoms with van der Waals surface area (Å²) in [5, 5.41) is 10.5. The van der Waals surface area contributed by atoms with Crippen molar-refractivity contribution in [1.29, 1.82) is 0 Å². The third-order valence-electron chi connectivity index (χ3n) is 3.18. The zero-order chi connectivity index (χ0) is 15.0. The molecule has 0 spiro atoms. The van der Waals surface area contributed by atoms with Crippen molar-refractivity contribution in [2.45, 2.75) is 20.0 Å². The van der Waals surface area contributed by atoms with Crippen LogP contribution in [0, 0.1) is 25.5 Å². The van der Waals surface area contributed by atoms with Crippen molar-refractivity contribution in [3.8, 4) is 0 Å². The van der Waals surface area contributed by atoms with Gasteiger partial charge in [-0.1, -0.05) is 29.3 Å². The topological polar surface area (TPSA) is 20.2 Å². The molecule has 0 heterocycles. The first-order chi connectivity index (χ1) is 9.31.